The minimum atomic E-state index is -0.131. The number of rotatable bonds is 4. The van der Waals surface area contributed by atoms with Crippen molar-refractivity contribution in [1.29, 1.82) is 0 Å². The third kappa shape index (κ3) is 2.82. The predicted molar refractivity (Wildman–Crippen MR) is 65.3 cm³/mol. The first-order valence-electron chi connectivity index (χ1n) is 5.92. The second kappa shape index (κ2) is 5.43. The highest BCUT2D eigenvalue weighted by Gasteiger charge is 2.22. The summed E-state index contributed by atoms with van der Waals surface area (Å²) in [5.74, 6) is 0. The van der Waals surface area contributed by atoms with Crippen LogP contribution in [0.1, 0.15) is 18.0 Å². The van der Waals surface area contributed by atoms with Crippen molar-refractivity contribution in [1.82, 2.24) is 10.2 Å². The molecular formula is C13H20N2O. The van der Waals surface area contributed by atoms with Gasteiger partial charge in [-0.05, 0) is 19.0 Å². The molecule has 1 aliphatic heterocycles. The second-order valence-corrected chi connectivity index (χ2v) is 4.45. The van der Waals surface area contributed by atoms with Crippen molar-refractivity contribution in [2.24, 2.45) is 0 Å². The Morgan fingerprint density at radius 1 is 1.44 bits per heavy atom. The van der Waals surface area contributed by atoms with Crippen LogP contribution in [0.25, 0.3) is 0 Å². The molecule has 88 valence electrons. The molecule has 1 aromatic rings. The Morgan fingerprint density at radius 2 is 2.19 bits per heavy atom. The van der Waals surface area contributed by atoms with Crippen LogP contribution in [0.15, 0.2) is 30.3 Å². The molecule has 0 unspecified atom stereocenters. The third-order valence-electron chi connectivity index (χ3n) is 3.24. The fourth-order valence-corrected chi connectivity index (χ4v) is 2.28. The molecule has 2 rings (SSSR count). The maximum atomic E-state index is 9.49. The van der Waals surface area contributed by atoms with Crippen molar-refractivity contribution in [3.63, 3.8) is 0 Å². The van der Waals surface area contributed by atoms with E-state index >= 15 is 0 Å². The number of nitrogens with one attached hydrogen (secondary N) is 1. The van der Waals surface area contributed by atoms with Crippen LogP contribution >= 0.6 is 0 Å². The first kappa shape index (κ1) is 11.6. The van der Waals surface area contributed by atoms with E-state index < -0.39 is 0 Å². The van der Waals surface area contributed by atoms with Crippen LogP contribution in [0.5, 0.6) is 0 Å². The van der Waals surface area contributed by atoms with Crippen molar-refractivity contribution in [3.05, 3.63) is 35.9 Å². The number of nitrogens with zero attached hydrogens (tertiary/aromatic N) is 1. The van der Waals surface area contributed by atoms with Crippen molar-refractivity contribution in [2.75, 3.05) is 26.7 Å². The van der Waals surface area contributed by atoms with Crippen LogP contribution < -0.4 is 5.32 Å². The summed E-state index contributed by atoms with van der Waals surface area (Å²) in [5.41, 5.74) is 1.31. The molecule has 0 radical (unpaired) electrons. The van der Waals surface area contributed by atoms with Gasteiger partial charge < -0.3 is 10.4 Å². The summed E-state index contributed by atoms with van der Waals surface area (Å²) >= 11 is 0. The van der Waals surface area contributed by atoms with Gasteiger partial charge in [0.25, 0.3) is 0 Å². The molecule has 16 heavy (non-hydrogen) atoms. The highest BCUT2D eigenvalue weighted by molar-refractivity contribution is 5.19. The summed E-state index contributed by atoms with van der Waals surface area (Å²) in [6.07, 6.45) is 0.777. The van der Waals surface area contributed by atoms with Gasteiger partial charge in [0.05, 0.1) is 6.10 Å². The Balaban J connectivity index is 1.96. The summed E-state index contributed by atoms with van der Waals surface area (Å²) in [6, 6.07) is 10.8. The Bertz CT molecular complexity index is 315. The normalized spacial score (nSPS) is 23.5. The molecule has 1 aliphatic rings. The zero-order valence-corrected chi connectivity index (χ0v) is 9.76. The minimum absolute atomic E-state index is 0.131. The third-order valence-corrected chi connectivity index (χ3v) is 3.24. The molecule has 0 aromatic heterocycles. The van der Waals surface area contributed by atoms with E-state index in [1.54, 1.807) is 0 Å². The maximum absolute atomic E-state index is 9.49. The van der Waals surface area contributed by atoms with Crippen molar-refractivity contribution in [2.45, 2.75) is 18.6 Å². The number of aliphatic hydroxyl groups excluding tert-OH is 1. The quantitative estimate of drug-likeness (QED) is 0.795. The number of β-amino-alcohol motifs (C(OH)–C–C–N with tert-alkyl or cyclic N) is 1. The summed E-state index contributed by atoms with van der Waals surface area (Å²) in [4.78, 5) is 2.32. The molecule has 0 spiro atoms. The van der Waals surface area contributed by atoms with E-state index in [-0.39, 0.29) is 6.10 Å². The summed E-state index contributed by atoms with van der Waals surface area (Å²) < 4.78 is 0. The molecule has 1 heterocycles. The van der Waals surface area contributed by atoms with E-state index in [0.717, 1.165) is 26.1 Å². The zero-order valence-electron chi connectivity index (χ0n) is 9.76. The molecule has 2 atom stereocenters. The van der Waals surface area contributed by atoms with Crippen LogP contribution in [-0.2, 0) is 0 Å². The maximum Gasteiger partial charge on any atom is 0.0679 e. The minimum Gasteiger partial charge on any atom is -0.392 e. The van der Waals surface area contributed by atoms with Crippen LogP contribution in [0, 0.1) is 0 Å². The van der Waals surface area contributed by atoms with Gasteiger partial charge in [-0.1, -0.05) is 30.3 Å². The zero-order chi connectivity index (χ0) is 11.4. The monoisotopic (exact) mass is 220 g/mol. The molecule has 0 aliphatic carbocycles. The highest BCUT2D eigenvalue weighted by atomic mass is 16.3. The lowest BCUT2D eigenvalue weighted by molar-refractivity contribution is 0.173. The van der Waals surface area contributed by atoms with Crippen molar-refractivity contribution in [3.8, 4) is 0 Å². The van der Waals surface area contributed by atoms with E-state index in [9.17, 15) is 5.11 Å². The average Bonchev–Trinajstić information content (AvgIpc) is 2.73. The number of hydrogen-bond donors (Lipinski definition) is 2. The molecule has 0 bridgehead atoms. The molecule has 2 N–H and O–H groups in total. The largest absolute Gasteiger partial charge is 0.392 e. The van der Waals surface area contributed by atoms with Gasteiger partial charge >= 0.3 is 0 Å². The number of aliphatic hydroxyl groups is 1. The van der Waals surface area contributed by atoms with Crippen molar-refractivity contribution < 1.29 is 5.11 Å². The summed E-state index contributed by atoms with van der Waals surface area (Å²) in [6.45, 7) is 2.79. The lowest BCUT2D eigenvalue weighted by atomic mass is 10.1. The Labute approximate surface area is 97.1 Å². The second-order valence-electron chi connectivity index (χ2n) is 4.45. The lowest BCUT2D eigenvalue weighted by Gasteiger charge is -2.23. The highest BCUT2D eigenvalue weighted by Crippen LogP contribution is 2.17. The first-order valence-corrected chi connectivity index (χ1v) is 5.92. The summed E-state index contributed by atoms with van der Waals surface area (Å²) in [7, 11) is 1.99. The fourth-order valence-electron chi connectivity index (χ4n) is 2.28. The number of likely N-dealkylation sites (N-methyl/N-ethyl adjacent to an activating group) is 1. The Morgan fingerprint density at radius 3 is 2.75 bits per heavy atom. The molecule has 1 fully saturated rings. The van der Waals surface area contributed by atoms with Crippen LogP contribution in [0.4, 0.5) is 0 Å². The van der Waals surface area contributed by atoms with E-state index in [4.69, 9.17) is 0 Å². The van der Waals surface area contributed by atoms with Gasteiger partial charge in [0.1, 0.15) is 0 Å². The molecular weight excluding hydrogens is 200 g/mol. The Hall–Kier alpha value is -0.900. The van der Waals surface area contributed by atoms with Gasteiger partial charge in [-0.25, -0.2) is 0 Å². The van der Waals surface area contributed by atoms with Crippen LogP contribution in [0.2, 0.25) is 0 Å². The topological polar surface area (TPSA) is 35.5 Å². The van der Waals surface area contributed by atoms with E-state index in [1.807, 2.05) is 13.1 Å². The molecule has 0 saturated carbocycles. The van der Waals surface area contributed by atoms with Crippen molar-refractivity contribution >= 4 is 0 Å². The SMILES string of the molecule is CN[C@@H](CN1CC[C@H](O)C1)c1ccccc1. The Kier molecular flexibility index (Phi) is 3.93. The predicted octanol–water partition coefficient (Wildman–Crippen LogP) is 1.01. The van der Waals surface area contributed by atoms with E-state index in [0.29, 0.717) is 6.04 Å². The standard InChI is InChI=1S/C13H20N2O/c1-14-13(11-5-3-2-4-6-11)10-15-8-7-12(16)9-15/h2-6,12-14,16H,7-10H2,1H3/t12-,13-/m0/s1. The van der Waals surface area contributed by atoms with E-state index in [1.165, 1.54) is 5.56 Å². The van der Waals surface area contributed by atoms with Gasteiger partial charge in [-0.2, -0.15) is 0 Å². The van der Waals surface area contributed by atoms with Crippen LogP contribution in [-0.4, -0.2) is 42.8 Å². The lowest BCUT2D eigenvalue weighted by Crippen LogP contribution is -2.32. The number of hydrogen-bond acceptors (Lipinski definition) is 3. The van der Waals surface area contributed by atoms with Gasteiger partial charge in [0, 0.05) is 25.7 Å². The van der Waals surface area contributed by atoms with Gasteiger partial charge in [0.15, 0.2) is 0 Å². The molecule has 3 nitrogen and oxygen atoms in total. The van der Waals surface area contributed by atoms with Gasteiger partial charge in [0.2, 0.25) is 0 Å². The van der Waals surface area contributed by atoms with Crippen LogP contribution in [0.3, 0.4) is 0 Å². The van der Waals surface area contributed by atoms with E-state index in [2.05, 4.69) is 34.5 Å². The number of likely N-dealkylation sites (tertiary alicyclic amines) is 1. The number of benzene rings is 1. The molecule has 1 saturated heterocycles. The molecule has 0 amide bonds. The smallest absolute Gasteiger partial charge is 0.0679 e. The van der Waals surface area contributed by atoms with Gasteiger partial charge in [-0.15, -0.1) is 0 Å². The molecule has 3 heteroatoms. The summed E-state index contributed by atoms with van der Waals surface area (Å²) in [5, 5.41) is 12.8. The molecule has 1 aromatic carbocycles. The average molecular weight is 220 g/mol. The first-order chi connectivity index (χ1) is 7.79. The van der Waals surface area contributed by atoms with Gasteiger partial charge in [-0.3, -0.25) is 4.90 Å². The fraction of sp³-hybridized carbons (Fsp3) is 0.538.